The van der Waals surface area contributed by atoms with E-state index >= 15 is 0 Å². The molecule has 1 aliphatic heterocycles. The first-order valence-electron chi connectivity index (χ1n) is 7.13. The average Bonchev–Trinajstić information content (AvgIpc) is 2.47. The maximum atomic E-state index is 5.50. The van der Waals surface area contributed by atoms with Crippen LogP contribution >= 0.6 is 0 Å². The molecule has 0 radical (unpaired) electrons. The van der Waals surface area contributed by atoms with E-state index in [1.54, 1.807) is 0 Å². The zero-order chi connectivity index (χ0) is 13.5. The lowest BCUT2D eigenvalue weighted by Crippen LogP contribution is -2.45. The van der Waals surface area contributed by atoms with Gasteiger partial charge in [0.25, 0.3) is 0 Å². The maximum absolute atomic E-state index is 5.50. The molecule has 0 saturated carbocycles. The molecule has 0 aliphatic carbocycles. The highest BCUT2D eigenvalue weighted by Gasteiger charge is 2.20. The lowest BCUT2D eigenvalue weighted by Gasteiger charge is -2.34. The minimum absolute atomic E-state index is 0.440. The van der Waals surface area contributed by atoms with Crippen LogP contribution in [-0.4, -0.2) is 37.7 Å². The van der Waals surface area contributed by atoms with Crippen LogP contribution in [0.15, 0.2) is 36.9 Å². The van der Waals surface area contributed by atoms with Crippen molar-refractivity contribution in [3.05, 3.63) is 42.5 Å². The Morgan fingerprint density at radius 2 is 2.00 bits per heavy atom. The van der Waals surface area contributed by atoms with Gasteiger partial charge in [0.1, 0.15) is 5.75 Å². The molecule has 2 rings (SSSR count). The largest absolute Gasteiger partial charge is 0.494 e. The van der Waals surface area contributed by atoms with Crippen molar-refractivity contribution in [3.8, 4) is 5.75 Å². The van der Waals surface area contributed by atoms with Crippen LogP contribution in [0.4, 0.5) is 0 Å². The van der Waals surface area contributed by atoms with Gasteiger partial charge in [0.2, 0.25) is 0 Å². The molecule has 0 unspecified atom stereocenters. The summed E-state index contributed by atoms with van der Waals surface area (Å²) in [5.41, 5.74) is 1.35. The van der Waals surface area contributed by atoms with Gasteiger partial charge in [0, 0.05) is 32.2 Å². The van der Waals surface area contributed by atoms with E-state index in [0.717, 1.165) is 38.3 Å². The molecule has 1 aromatic carbocycles. The van der Waals surface area contributed by atoms with Crippen molar-refractivity contribution in [2.75, 3.05) is 32.8 Å². The fourth-order valence-electron chi connectivity index (χ4n) is 2.60. The van der Waals surface area contributed by atoms with Crippen LogP contribution in [-0.2, 0) is 0 Å². The van der Waals surface area contributed by atoms with Gasteiger partial charge >= 0.3 is 0 Å². The number of rotatable bonds is 6. The van der Waals surface area contributed by atoms with Gasteiger partial charge in [-0.1, -0.05) is 18.2 Å². The van der Waals surface area contributed by atoms with Crippen molar-refractivity contribution < 1.29 is 4.74 Å². The number of benzene rings is 1. The molecule has 0 spiro atoms. The molecule has 3 heteroatoms. The van der Waals surface area contributed by atoms with E-state index in [-0.39, 0.29) is 0 Å². The monoisotopic (exact) mass is 260 g/mol. The van der Waals surface area contributed by atoms with E-state index in [1.165, 1.54) is 5.56 Å². The number of nitrogens with zero attached hydrogens (tertiary/aromatic N) is 1. The topological polar surface area (TPSA) is 24.5 Å². The van der Waals surface area contributed by atoms with E-state index in [2.05, 4.69) is 41.1 Å². The molecule has 104 valence electrons. The first-order chi connectivity index (χ1) is 9.35. The van der Waals surface area contributed by atoms with Crippen LogP contribution in [0.25, 0.3) is 0 Å². The average molecular weight is 260 g/mol. The predicted molar refractivity (Wildman–Crippen MR) is 79.6 cm³/mol. The molecule has 1 saturated heterocycles. The predicted octanol–water partition coefficient (Wildman–Crippen LogP) is 2.61. The smallest absolute Gasteiger partial charge is 0.119 e. The molecule has 0 aromatic heterocycles. The highest BCUT2D eigenvalue weighted by Crippen LogP contribution is 2.26. The number of hydrogen-bond acceptors (Lipinski definition) is 3. The van der Waals surface area contributed by atoms with Gasteiger partial charge in [0.15, 0.2) is 0 Å². The summed E-state index contributed by atoms with van der Waals surface area (Å²) in [6.07, 6.45) is 3.01. The standard InChI is InChI=1S/C16H24N2O/c1-3-5-16(18-12-10-17-11-13-18)14-6-8-15(9-7-14)19-4-2/h3,6-9,16-17H,1,4-5,10-13H2,2H3/t16-/m1/s1. The molecule has 1 heterocycles. The van der Waals surface area contributed by atoms with Crippen LogP contribution in [0.1, 0.15) is 24.9 Å². The molecule has 0 amide bonds. The molecule has 1 fully saturated rings. The van der Waals surface area contributed by atoms with Crippen molar-refractivity contribution in [2.24, 2.45) is 0 Å². The zero-order valence-corrected chi connectivity index (χ0v) is 11.8. The Labute approximate surface area is 116 Å². The number of nitrogens with one attached hydrogen (secondary N) is 1. The highest BCUT2D eigenvalue weighted by molar-refractivity contribution is 5.29. The Balaban J connectivity index is 2.10. The lowest BCUT2D eigenvalue weighted by molar-refractivity contribution is 0.174. The quantitative estimate of drug-likeness (QED) is 0.796. The van der Waals surface area contributed by atoms with Crippen molar-refractivity contribution in [2.45, 2.75) is 19.4 Å². The molecule has 1 atom stereocenters. The van der Waals surface area contributed by atoms with Crippen LogP contribution in [0.3, 0.4) is 0 Å². The fourth-order valence-corrected chi connectivity index (χ4v) is 2.60. The Morgan fingerprint density at radius 3 is 2.58 bits per heavy atom. The second kappa shape index (κ2) is 7.31. The Kier molecular flexibility index (Phi) is 5.43. The van der Waals surface area contributed by atoms with Crippen LogP contribution in [0.2, 0.25) is 0 Å². The Hall–Kier alpha value is -1.32. The molecule has 1 aromatic rings. The van der Waals surface area contributed by atoms with Crippen LogP contribution in [0, 0.1) is 0 Å². The maximum Gasteiger partial charge on any atom is 0.119 e. The van der Waals surface area contributed by atoms with Crippen molar-refractivity contribution in [1.29, 1.82) is 0 Å². The van der Waals surface area contributed by atoms with E-state index in [9.17, 15) is 0 Å². The van der Waals surface area contributed by atoms with Crippen molar-refractivity contribution in [3.63, 3.8) is 0 Å². The van der Waals surface area contributed by atoms with E-state index in [4.69, 9.17) is 4.74 Å². The fraction of sp³-hybridized carbons (Fsp3) is 0.500. The Morgan fingerprint density at radius 1 is 1.32 bits per heavy atom. The minimum atomic E-state index is 0.440. The SMILES string of the molecule is C=CC[C@H](c1ccc(OCC)cc1)N1CCNCC1. The van der Waals surface area contributed by atoms with Gasteiger partial charge in [-0.3, -0.25) is 4.90 Å². The van der Waals surface area contributed by atoms with Crippen molar-refractivity contribution in [1.82, 2.24) is 10.2 Å². The summed E-state index contributed by atoms with van der Waals surface area (Å²) in [4.78, 5) is 2.54. The second-order valence-corrected chi connectivity index (χ2v) is 4.83. The first-order valence-corrected chi connectivity index (χ1v) is 7.13. The molecular weight excluding hydrogens is 236 g/mol. The van der Waals surface area contributed by atoms with Gasteiger partial charge in [-0.15, -0.1) is 6.58 Å². The van der Waals surface area contributed by atoms with Gasteiger partial charge in [-0.05, 0) is 31.0 Å². The Bertz CT molecular complexity index is 382. The number of piperazine rings is 1. The van der Waals surface area contributed by atoms with Gasteiger partial charge in [-0.2, -0.15) is 0 Å². The van der Waals surface area contributed by atoms with Crippen LogP contribution < -0.4 is 10.1 Å². The van der Waals surface area contributed by atoms with Gasteiger partial charge in [0.05, 0.1) is 6.61 Å². The van der Waals surface area contributed by atoms with E-state index in [0.29, 0.717) is 12.6 Å². The summed E-state index contributed by atoms with van der Waals surface area (Å²) in [6.45, 7) is 11.0. The van der Waals surface area contributed by atoms with Gasteiger partial charge < -0.3 is 10.1 Å². The van der Waals surface area contributed by atoms with Gasteiger partial charge in [-0.25, -0.2) is 0 Å². The summed E-state index contributed by atoms with van der Waals surface area (Å²) in [6, 6.07) is 8.94. The van der Waals surface area contributed by atoms with Crippen LogP contribution in [0.5, 0.6) is 5.75 Å². The summed E-state index contributed by atoms with van der Waals surface area (Å²) in [7, 11) is 0. The molecule has 19 heavy (non-hydrogen) atoms. The normalized spacial score (nSPS) is 17.9. The third kappa shape index (κ3) is 3.82. The first kappa shape index (κ1) is 14.1. The summed E-state index contributed by atoms with van der Waals surface area (Å²) < 4.78 is 5.50. The molecule has 3 nitrogen and oxygen atoms in total. The third-order valence-corrected chi connectivity index (χ3v) is 3.56. The highest BCUT2D eigenvalue weighted by atomic mass is 16.5. The molecule has 0 bridgehead atoms. The molecule has 1 aliphatic rings. The minimum Gasteiger partial charge on any atom is -0.494 e. The zero-order valence-electron chi connectivity index (χ0n) is 11.8. The second-order valence-electron chi connectivity index (χ2n) is 4.83. The van der Waals surface area contributed by atoms with Crippen molar-refractivity contribution >= 4 is 0 Å². The third-order valence-electron chi connectivity index (χ3n) is 3.56. The van der Waals surface area contributed by atoms with E-state index in [1.807, 2.05) is 13.0 Å². The summed E-state index contributed by atoms with van der Waals surface area (Å²) in [5.74, 6) is 0.948. The summed E-state index contributed by atoms with van der Waals surface area (Å²) in [5, 5.41) is 3.40. The molecule has 1 N–H and O–H groups in total. The number of ether oxygens (including phenoxy) is 1. The number of hydrogen-bond donors (Lipinski definition) is 1. The molecular formula is C16H24N2O. The van der Waals surface area contributed by atoms with E-state index < -0.39 is 0 Å². The summed E-state index contributed by atoms with van der Waals surface area (Å²) >= 11 is 0. The lowest BCUT2D eigenvalue weighted by atomic mass is 10.0.